The zero-order valence-electron chi connectivity index (χ0n) is 33.0. The molecule has 0 aliphatic heterocycles. The molecular weight excluding hydrogens is 671 g/mol. The van der Waals surface area contributed by atoms with Crippen molar-refractivity contribution in [1.29, 1.82) is 0 Å². The molecule has 7 aromatic rings. The molecule has 274 valence electrons. The molecule has 0 N–H and O–H groups in total. The van der Waals surface area contributed by atoms with E-state index in [-0.39, 0.29) is 16.9 Å². The summed E-state index contributed by atoms with van der Waals surface area (Å²) in [6.07, 6.45) is 5.68. The van der Waals surface area contributed by atoms with Crippen molar-refractivity contribution < 1.29 is 9.15 Å². The highest BCUT2D eigenvalue weighted by Gasteiger charge is 2.37. The molecule has 0 radical (unpaired) electrons. The van der Waals surface area contributed by atoms with Crippen LogP contribution in [0.15, 0.2) is 150 Å². The molecule has 0 saturated heterocycles. The first-order valence-electron chi connectivity index (χ1n) is 19.8. The molecule has 0 spiro atoms. The highest BCUT2D eigenvalue weighted by molar-refractivity contribution is 6.15. The van der Waals surface area contributed by atoms with Crippen molar-refractivity contribution >= 4 is 44.6 Å². The van der Waals surface area contributed by atoms with Crippen LogP contribution in [0.2, 0.25) is 0 Å². The molecule has 1 aromatic heterocycles. The van der Waals surface area contributed by atoms with Gasteiger partial charge in [-0.2, -0.15) is 0 Å². The number of hydrogen-bond donors (Lipinski definition) is 0. The van der Waals surface area contributed by atoms with E-state index < -0.39 is 0 Å². The summed E-state index contributed by atoms with van der Waals surface area (Å²) in [4.78, 5) is 2.44. The van der Waals surface area contributed by atoms with Gasteiger partial charge in [-0.05, 0) is 126 Å². The van der Waals surface area contributed by atoms with Crippen LogP contribution in [0.5, 0.6) is 0 Å². The number of nitrogens with zero attached hydrogens (tertiary/aromatic N) is 1. The first-order valence-corrected chi connectivity index (χ1v) is 19.8. The Morgan fingerprint density at radius 1 is 0.655 bits per heavy atom. The molecule has 0 saturated carbocycles. The van der Waals surface area contributed by atoms with Gasteiger partial charge in [0.1, 0.15) is 11.2 Å². The smallest absolute Gasteiger partial charge is 0.137 e. The molecule has 3 nitrogen and oxygen atoms in total. The summed E-state index contributed by atoms with van der Waals surface area (Å²) in [7, 11) is 0. The van der Waals surface area contributed by atoms with Gasteiger partial charge in [-0.25, -0.2) is 0 Å². The van der Waals surface area contributed by atoms with E-state index in [1.54, 1.807) is 0 Å². The van der Waals surface area contributed by atoms with Crippen molar-refractivity contribution in [3.8, 4) is 22.3 Å². The third-order valence-corrected chi connectivity index (χ3v) is 12.4. The van der Waals surface area contributed by atoms with Crippen LogP contribution >= 0.6 is 0 Å². The van der Waals surface area contributed by atoms with Gasteiger partial charge < -0.3 is 14.1 Å². The number of hydrogen-bond acceptors (Lipinski definition) is 3. The Labute approximate surface area is 325 Å². The van der Waals surface area contributed by atoms with Gasteiger partial charge in [-0.15, -0.1) is 0 Å². The number of ether oxygens (including phenoxy) is 1. The lowest BCUT2D eigenvalue weighted by Crippen LogP contribution is -2.17. The Balaban J connectivity index is 1.24. The number of rotatable bonds is 9. The molecular formula is C52H49NO2. The van der Waals surface area contributed by atoms with E-state index in [9.17, 15) is 0 Å². The van der Waals surface area contributed by atoms with Crippen LogP contribution in [0, 0.1) is 0 Å². The van der Waals surface area contributed by atoms with Gasteiger partial charge in [0.15, 0.2) is 0 Å². The molecule has 1 heterocycles. The van der Waals surface area contributed by atoms with Gasteiger partial charge in [0.2, 0.25) is 0 Å². The fourth-order valence-corrected chi connectivity index (χ4v) is 9.18. The molecule has 6 aromatic carbocycles. The third kappa shape index (κ3) is 5.67. The van der Waals surface area contributed by atoms with E-state index in [1.165, 1.54) is 55.7 Å². The van der Waals surface area contributed by atoms with Crippen molar-refractivity contribution in [3.05, 3.63) is 167 Å². The second-order valence-corrected chi connectivity index (χ2v) is 16.4. The summed E-state index contributed by atoms with van der Waals surface area (Å²) < 4.78 is 12.6. The largest absolute Gasteiger partial charge is 0.456 e. The maximum Gasteiger partial charge on any atom is 0.137 e. The number of benzene rings is 6. The third-order valence-electron chi connectivity index (χ3n) is 12.4. The van der Waals surface area contributed by atoms with Crippen molar-refractivity contribution in [3.63, 3.8) is 0 Å². The SMILES string of the molecule is CCOC(C)C/C=C\C1=C(C)C(C)(C)c2cc(N(c3cccc(-c4ccccc4)c3)c3cccc4oc5cc6c(cc5c34)-c3ccccc3C6(C)C)ccc21. The monoisotopic (exact) mass is 719 g/mol. The fourth-order valence-electron chi connectivity index (χ4n) is 9.18. The zero-order valence-corrected chi connectivity index (χ0v) is 33.0. The minimum Gasteiger partial charge on any atom is -0.456 e. The Morgan fingerprint density at radius 2 is 1.38 bits per heavy atom. The van der Waals surface area contributed by atoms with E-state index in [0.29, 0.717) is 0 Å². The molecule has 1 atom stereocenters. The Morgan fingerprint density at radius 3 is 2.20 bits per heavy atom. The Hall–Kier alpha value is -5.64. The van der Waals surface area contributed by atoms with Crippen LogP contribution in [-0.2, 0) is 15.6 Å². The molecule has 3 heteroatoms. The van der Waals surface area contributed by atoms with E-state index in [4.69, 9.17) is 9.15 Å². The van der Waals surface area contributed by atoms with Gasteiger partial charge in [0.25, 0.3) is 0 Å². The topological polar surface area (TPSA) is 25.6 Å². The number of furan rings is 1. The van der Waals surface area contributed by atoms with E-state index >= 15 is 0 Å². The number of anilines is 3. The Bertz CT molecular complexity index is 2670. The van der Waals surface area contributed by atoms with Gasteiger partial charge >= 0.3 is 0 Å². The lowest BCUT2D eigenvalue weighted by atomic mass is 9.81. The second-order valence-electron chi connectivity index (χ2n) is 16.4. The van der Waals surface area contributed by atoms with Gasteiger partial charge in [-0.3, -0.25) is 0 Å². The fraction of sp³-hybridized carbons (Fsp3) is 0.231. The lowest BCUT2D eigenvalue weighted by molar-refractivity contribution is 0.0787. The first-order chi connectivity index (χ1) is 26.6. The van der Waals surface area contributed by atoms with Crippen molar-refractivity contribution in [2.24, 2.45) is 0 Å². The standard InChI is InChI=1S/C52H49NO2/c1-8-54-33(2)17-14-23-39-34(3)51(4,5)45-30-38(27-28-41(39)45)53(37-21-15-20-36(29-37)35-18-10-9-11-19-35)47-25-16-26-48-50(47)43-31-42-40-22-12-13-24-44(40)52(6,7)46(42)32-49(43)55-48/h9-16,18-33H,8,17H2,1-7H3/b23-14-. The van der Waals surface area contributed by atoms with E-state index in [0.717, 1.165) is 52.0 Å². The summed E-state index contributed by atoms with van der Waals surface area (Å²) >= 11 is 0. The molecule has 2 aliphatic carbocycles. The predicted molar refractivity (Wildman–Crippen MR) is 232 cm³/mol. The average molecular weight is 720 g/mol. The first kappa shape index (κ1) is 35.1. The summed E-state index contributed by atoms with van der Waals surface area (Å²) in [5, 5.41) is 2.25. The van der Waals surface area contributed by atoms with Gasteiger partial charge in [0.05, 0.1) is 17.2 Å². The normalized spacial score (nSPS) is 15.8. The molecule has 0 bridgehead atoms. The highest BCUT2D eigenvalue weighted by atomic mass is 16.5. The molecule has 9 rings (SSSR count). The van der Waals surface area contributed by atoms with Crippen molar-refractivity contribution in [2.75, 3.05) is 11.5 Å². The van der Waals surface area contributed by atoms with Crippen LogP contribution in [0.4, 0.5) is 17.1 Å². The van der Waals surface area contributed by atoms with Gasteiger partial charge in [0, 0.05) is 34.2 Å². The number of fused-ring (bicyclic) bond motifs is 7. The molecule has 1 unspecified atom stereocenters. The quantitative estimate of drug-likeness (QED) is 0.149. The van der Waals surface area contributed by atoms with E-state index in [1.807, 2.05) is 0 Å². The van der Waals surface area contributed by atoms with Crippen molar-refractivity contribution in [2.45, 2.75) is 71.8 Å². The second kappa shape index (κ2) is 13.3. The minimum atomic E-state index is -0.136. The van der Waals surface area contributed by atoms with Crippen LogP contribution in [0.1, 0.15) is 77.1 Å². The minimum absolute atomic E-state index is 0.106. The highest BCUT2D eigenvalue weighted by Crippen LogP contribution is 2.53. The summed E-state index contributed by atoms with van der Waals surface area (Å²) in [6, 6.07) is 46.7. The molecule has 2 aliphatic rings. The van der Waals surface area contributed by atoms with Crippen LogP contribution in [-0.4, -0.2) is 12.7 Å². The molecule has 0 fully saturated rings. The average Bonchev–Trinajstić information content (AvgIpc) is 3.74. The predicted octanol–water partition coefficient (Wildman–Crippen LogP) is 14.5. The summed E-state index contributed by atoms with van der Waals surface area (Å²) in [6.45, 7) is 16.6. The molecule has 0 amide bonds. The van der Waals surface area contributed by atoms with Crippen molar-refractivity contribution in [1.82, 2.24) is 0 Å². The van der Waals surface area contributed by atoms with Crippen LogP contribution in [0.3, 0.4) is 0 Å². The maximum absolute atomic E-state index is 6.78. The van der Waals surface area contributed by atoms with Gasteiger partial charge in [-0.1, -0.05) is 124 Å². The van der Waals surface area contributed by atoms with Crippen LogP contribution in [0.25, 0.3) is 49.8 Å². The lowest BCUT2D eigenvalue weighted by Gasteiger charge is -2.29. The number of allylic oxidation sites excluding steroid dienone is 3. The van der Waals surface area contributed by atoms with E-state index in [2.05, 4.69) is 193 Å². The summed E-state index contributed by atoms with van der Waals surface area (Å²) in [5.74, 6) is 0. The maximum atomic E-state index is 6.78. The summed E-state index contributed by atoms with van der Waals surface area (Å²) in [5.41, 5.74) is 17.9. The Kier molecular flexibility index (Phi) is 8.47. The van der Waals surface area contributed by atoms with Crippen LogP contribution < -0.4 is 4.90 Å². The molecule has 55 heavy (non-hydrogen) atoms. The zero-order chi connectivity index (χ0) is 38.1.